The van der Waals surface area contributed by atoms with Crippen LogP contribution in [0.4, 0.5) is 10.5 Å². The number of pyridine rings is 1. The van der Waals surface area contributed by atoms with Crippen molar-refractivity contribution in [1.29, 1.82) is 0 Å². The van der Waals surface area contributed by atoms with Crippen LogP contribution in [0.2, 0.25) is 0 Å². The third-order valence-corrected chi connectivity index (χ3v) is 4.15. The number of aliphatic carboxylic acids is 1. The van der Waals surface area contributed by atoms with Gasteiger partial charge in [-0.3, -0.25) is 9.78 Å². The van der Waals surface area contributed by atoms with Crippen LogP contribution in [0.3, 0.4) is 0 Å². The van der Waals surface area contributed by atoms with Gasteiger partial charge in [-0.05, 0) is 42.0 Å². The average molecular weight is 375 g/mol. The molecule has 2 rings (SSSR count). The fraction of sp³-hybridized carbons (Fsp3) is 0.417. The van der Waals surface area contributed by atoms with Gasteiger partial charge in [0.2, 0.25) is 0 Å². The van der Waals surface area contributed by atoms with Crippen molar-refractivity contribution in [2.24, 2.45) is 5.41 Å². The number of anilines is 1. The SMILES string of the molecule is CC1(C(=O)O)CCN(C(=O)Nc2ccncc2I)C1. The van der Waals surface area contributed by atoms with E-state index in [9.17, 15) is 9.59 Å². The lowest BCUT2D eigenvalue weighted by atomic mass is 9.90. The van der Waals surface area contributed by atoms with Crippen molar-refractivity contribution >= 4 is 40.3 Å². The van der Waals surface area contributed by atoms with Gasteiger partial charge in [-0.15, -0.1) is 0 Å². The molecule has 1 fully saturated rings. The second-order valence-electron chi connectivity index (χ2n) is 4.82. The zero-order valence-electron chi connectivity index (χ0n) is 10.4. The van der Waals surface area contributed by atoms with Crippen LogP contribution in [0.25, 0.3) is 0 Å². The van der Waals surface area contributed by atoms with E-state index in [0.29, 0.717) is 18.7 Å². The van der Waals surface area contributed by atoms with Crippen molar-refractivity contribution in [2.45, 2.75) is 13.3 Å². The molecular weight excluding hydrogens is 361 g/mol. The van der Waals surface area contributed by atoms with Crippen LogP contribution in [0.5, 0.6) is 0 Å². The number of nitrogens with zero attached hydrogens (tertiary/aromatic N) is 2. The molecule has 1 saturated heterocycles. The maximum absolute atomic E-state index is 12.1. The van der Waals surface area contributed by atoms with Gasteiger partial charge in [0.25, 0.3) is 0 Å². The number of carbonyl (C=O) groups excluding carboxylic acids is 1. The molecule has 0 aromatic carbocycles. The van der Waals surface area contributed by atoms with Crippen LogP contribution in [0.15, 0.2) is 18.5 Å². The molecule has 1 aliphatic rings. The van der Waals surface area contributed by atoms with Crippen molar-refractivity contribution in [2.75, 3.05) is 18.4 Å². The number of rotatable bonds is 2. The predicted molar refractivity (Wildman–Crippen MR) is 77.9 cm³/mol. The molecule has 0 radical (unpaired) electrons. The molecule has 0 bridgehead atoms. The topological polar surface area (TPSA) is 82.5 Å². The first-order valence-electron chi connectivity index (χ1n) is 5.81. The van der Waals surface area contributed by atoms with Gasteiger partial charge in [0.05, 0.1) is 14.7 Å². The lowest BCUT2D eigenvalue weighted by molar-refractivity contribution is -0.146. The monoisotopic (exact) mass is 375 g/mol. The average Bonchev–Trinajstić information content (AvgIpc) is 2.76. The second-order valence-corrected chi connectivity index (χ2v) is 5.99. The van der Waals surface area contributed by atoms with E-state index >= 15 is 0 Å². The molecule has 0 saturated carbocycles. The Morgan fingerprint density at radius 3 is 2.89 bits per heavy atom. The minimum Gasteiger partial charge on any atom is -0.481 e. The van der Waals surface area contributed by atoms with Gasteiger partial charge in [-0.2, -0.15) is 0 Å². The summed E-state index contributed by atoms with van der Waals surface area (Å²) in [4.78, 5) is 28.7. The van der Waals surface area contributed by atoms with E-state index in [1.165, 1.54) is 4.90 Å². The summed E-state index contributed by atoms with van der Waals surface area (Å²) in [5, 5.41) is 11.9. The third kappa shape index (κ3) is 2.96. The molecule has 102 valence electrons. The summed E-state index contributed by atoms with van der Waals surface area (Å²) in [6, 6.07) is 1.45. The number of halogens is 1. The number of carbonyl (C=O) groups is 2. The summed E-state index contributed by atoms with van der Waals surface area (Å²) in [7, 11) is 0. The van der Waals surface area contributed by atoms with E-state index < -0.39 is 11.4 Å². The zero-order chi connectivity index (χ0) is 14.0. The van der Waals surface area contributed by atoms with E-state index in [4.69, 9.17) is 5.11 Å². The van der Waals surface area contributed by atoms with Gasteiger partial charge >= 0.3 is 12.0 Å². The lowest BCUT2D eigenvalue weighted by Crippen LogP contribution is -2.37. The highest BCUT2D eigenvalue weighted by molar-refractivity contribution is 14.1. The van der Waals surface area contributed by atoms with E-state index in [1.807, 2.05) is 0 Å². The standard InChI is InChI=1S/C12H14IN3O3/c1-12(10(17)18)3-5-16(7-12)11(19)15-9-2-4-14-6-8(9)13/h2,4,6H,3,5,7H2,1H3,(H,17,18)(H,14,15,19). The van der Waals surface area contributed by atoms with Crippen molar-refractivity contribution in [1.82, 2.24) is 9.88 Å². The van der Waals surface area contributed by atoms with Gasteiger partial charge in [0.1, 0.15) is 0 Å². The first-order valence-corrected chi connectivity index (χ1v) is 6.89. The molecule has 1 atom stereocenters. The molecular formula is C12H14IN3O3. The molecule has 7 heteroatoms. The highest BCUT2D eigenvalue weighted by atomic mass is 127. The van der Waals surface area contributed by atoms with E-state index in [0.717, 1.165) is 3.57 Å². The summed E-state index contributed by atoms with van der Waals surface area (Å²) < 4.78 is 0.841. The molecule has 1 aromatic heterocycles. The molecule has 19 heavy (non-hydrogen) atoms. The molecule has 1 aliphatic heterocycles. The van der Waals surface area contributed by atoms with E-state index in [-0.39, 0.29) is 12.6 Å². The van der Waals surface area contributed by atoms with Crippen LogP contribution in [0, 0.1) is 8.99 Å². The van der Waals surface area contributed by atoms with Crippen molar-refractivity contribution in [3.63, 3.8) is 0 Å². The minimum atomic E-state index is -0.860. The fourth-order valence-corrected chi connectivity index (χ4v) is 2.46. The van der Waals surface area contributed by atoms with Gasteiger partial charge in [0, 0.05) is 25.5 Å². The van der Waals surface area contributed by atoms with Gasteiger partial charge in [-0.1, -0.05) is 0 Å². The van der Waals surface area contributed by atoms with Gasteiger partial charge in [-0.25, -0.2) is 4.79 Å². The van der Waals surface area contributed by atoms with Crippen LogP contribution in [0.1, 0.15) is 13.3 Å². The highest BCUT2D eigenvalue weighted by Crippen LogP contribution is 2.30. The Balaban J connectivity index is 2.03. The molecule has 0 aliphatic carbocycles. The Morgan fingerprint density at radius 1 is 1.58 bits per heavy atom. The van der Waals surface area contributed by atoms with Crippen molar-refractivity contribution < 1.29 is 14.7 Å². The third-order valence-electron chi connectivity index (χ3n) is 3.29. The number of carboxylic acid groups (broad SMARTS) is 1. The number of aromatic nitrogens is 1. The lowest BCUT2D eigenvalue weighted by Gasteiger charge is -2.20. The molecule has 2 heterocycles. The maximum Gasteiger partial charge on any atom is 0.321 e. The number of nitrogens with one attached hydrogen (secondary N) is 1. The molecule has 2 amide bonds. The van der Waals surface area contributed by atoms with Crippen LogP contribution in [-0.4, -0.2) is 40.1 Å². The van der Waals surface area contributed by atoms with Gasteiger partial charge in [0.15, 0.2) is 0 Å². The summed E-state index contributed by atoms with van der Waals surface area (Å²) >= 11 is 2.08. The Morgan fingerprint density at radius 2 is 2.32 bits per heavy atom. The largest absolute Gasteiger partial charge is 0.481 e. The van der Waals surface area contributed by atoms with Crippen LogP contribution in [-0.2, 0) is 4.79 Å². The number of urea groups is 1. The number of hydrogen-bond acceptors (Lipinski definition) is 3. The highest BCUT2D eigenvalue weighted by Gasteiger charge is 2.42. The number of carboxylic acids is 1. The predicted octanol–water partition coefficient (Wildman–Crippen LogP) is 2.01. The normalized spacial score (nSPS) is 22.3. The molecule has 1 unspecified atom stereocenters. The van der Waals surface area contributed by atoms with Crippen molar-refractivity contribution in [3.05, 3.63) is 22.0 Å². The first-order chi connectivity index (χ1) is 8.92. The van der Waals surface area contributed by atoms with E-state index in [2.05, 4.69) is 32.9 Å². The summed E-state index contributed by atoms with van der Waals surface area (Å²) in [5.41, 5.74) is -0.160. The summed E-state index contributed by atoms with van der Waals surface area (Å²) in [6.07, 6.45) is 3.73. The van der Waals surface area contributed by atoms with Gasteiger partial charge < -0.3 is 15.3 Å². The van der Waals surface area contributed by atoms with E-state index in [1.54, 1.807) is 25.4 Å². The quantitative estimate of drug-likeness (QED) is 0.775. The molecule has 0 spiro atoms. The zero-order valence-corrected chi connectivity index (χ0v) is 12.5. The Kier molecular flexibility index (Phi) is 3.93. The minimum absolute atomic E-state index is 0.232. The smallest absolute Gasteiger partial charge is 0.321 e. The second kappa shape index (κ2) is 5.32. The first kappa shape index (κ1) is 14.0. The fourth-order valence-electron chi connectivity index (χ4n) is 1.98. The maximum atomic E-state index is 12.1. The van der Waals surface area contributed by atoms with Crippen LogP contribution >= 0.6 is 22.6 Å². The number of amides is 2. The Hall–Kier alpha value is -1.38. The Labute approximate surface area is 124 Å². The molecule has 6 nitrogen and oxygen atoms in total. The van der Waals surface area contributed by atoms with Crippen LogP contribution < -0.4 is 5.32 Å². The number of likely N-dealkylation sites (tertiary alicyclic amines) is 1. The summed E-state index contributed by atoms with van der Waals surface area (Å²) in [6.45, 7) is 2.35. The molecule has 2 N–H and O–H groups in total. The number of hydrogen-bond donors (Lipinski definition) is 2. The molecule has 1 aromatic rings. The van der Waals surface area contributed by atoms with Crippen molar-refractivity contribution in [3.8, 4) is 0 Å². The summed E-state index contributed by atoms with van der Waals surface area (Å²) in [5.74, 6) is -0.860. The Bertz CT molecular complexity index is 523.